The Morgan fingerprint density at radius 1 is 1.33 bits per heavy atom. The number of amides is 1. The van der Waals surface area contributed by atoms with Crippen LogP contribution in [0, 0.1) is 6.92 Å². The molecule has 3 aromatic rings. The van der Waals surface area contributed by atoms with Crippen LogP contribution in [0.15, 0.2) is 30.3 Å². The highest BCUT2D eigenvalue weighted by Crippen LogP contribution is 2.38. The van der Waals surface area contributed by atoms with Gasteiger partial charge in [0.2, 0.25) is 0 Å². The van der Waals surface area contributed by atoms with E-state index in [1.165, 1.54) is 5.52 Å². The molecule has 194 valence electrons. The quantitative estimate of drug-likeness (QED) is 0.466. The Morgan fingerprint density at radius 2 is 2.14 bits per heavy atom. The van der Waals surface area contributed by atoms with Gasteiger partial charge in [0.1, 0.15) is 11.6 Å². The molecule has 3 heterocycles. The smallest absolute Gasteiger partial charge is 0.255 e. The van der Waals surface area contributed by atoms with Crippen molar-refractivity contribution < 1.29 is 19.7 Å². The zero-order valence-corrected chi connectivity index (χ0v) is 21.5. The van der Waals surface area contributed by atoms with Gasteiger partial charge in [0.15, 0.2) is 0 Å². The van der Waals surface area contributed by atoms with Crippen LogP contribution in [0.4, 0.5) is 5.69 Å². The lowest BCUT2D eigenvalue weighted by Crippen LogP contribution is -2.55. The Morgan fingerprint density at radius 3 is 2.94 bits per heavy atom. The molecule has 1 fully saturated rings. The van der Waals surface area contributed by atoms with Gasteiger partial charge in [-0.3, -0.25) is 4.79 Å². The summed E-state index contributed by atoms with van der Waals surface area (Å²) < 4.78 is 13.8. The molecule has 1 amide bonds. The summed E-state index contributed by atoms with van der Waals surface area (Å²) >= 11 is 6.29. The van der Waals surface area contributed by atoms with Crippen molar-refractivity contribution >= 4 is 34.2 Å². The van der Waals surface area contributed by atoms with E-state index in [4.69, 9.17) is 26.8 Å². The fourth-order valence-electron chi connectivity index (χ4n) is 5.30. The molecule has 0 radical (unpaired) electrons. The number of nitrogen functional groups attached to an aromatic ring is 1. The van der Waals surface area contributed by atoms with Crippen molar-refractivity contribution in [3.63, 3.8) is 0 Å². The molecule has 0 bridgehead atoms. The first-order valence-electron chi connectivity index (χ1n) is 12.2. The van der Waals surface area contributed by atoms with E-state index in [-0.39, 0.29) is 23.5 Å². The van der Waals surface area contributed by atoms with Crippen LogP contribution in [0.1, 0.15) is 34.6 Å². The first-order valence-corrected chi connectivity index (χ1v) is 12.6. The van der Waals surface area contributed by atoms with E-state index in [1.54, 1.807) is 13.2 Å². The number of benzene rings is 2. The van der Waals surface area contributed by atoms with Gasteiger partial charge in [-0.15, -0.1) is 0 Å². The maximum atomic E-state index is 13.2. The molecule has 5 rings (SSSR count). The summed E-state index contributed by atoms with van der Waals surface area (Å²) in [5.74, 6) is 1.40. The van der Waals surface area contributed by atoms with Crippen LogP contribution < -0.4 is 15.8 Å². The second kappa shape index (κ2) is 11.0. The normalized spacial score (nSPS) is 19.5. The fourth-order valence-corrected chi connectivity index (χ4v) is 5.52. The molecule has 2 atom stereocenters. The van der Waals surface area contributed by atoms with Gasteiger partial charge in [-0.2, -0.15) is 0 Å². The molecule has 1 aromatic heterocycles. The number of nitrogens with zero attached hydrogens (tertiary/aromatic N) is 3. The van der Waals surface area contributed by atoms with Crippen molar-refractivity contribution in [3.05, 3.63) is 52.3 Å². The summed E-state index contributed by atoms with van der Waals surface area (Å²) in [7, 11) is 1.70. The van der Waals surface area contributed by atoms with Gasteiger partial charge in [-0.25, -0.2) is 4.98 Å². The second-order valence-electron chi connectivity index (χ2n) is 9.32. The number of ether oxygens (including phenoxy) is 2. The standard InChI is InChI=1S/C26H32ClN5O3.H2O/c1-16-29-20-6-3-4-7-22(20)32(16)11-5-10-31-12-8-21(23(15-31)34-2)30-26(33)18-14-19(27)24(28)17-9-13-35-25(17)18;/h3-4,6-7,14,21,23H,5,8-13,15,28H2,1-2H3,(H,30,33);1H2. The average Bonchev–Trinajstić information content (AvgIpc) is 3.47. The highest BCUT2D eigenvalue weighted by molar-refractivity contribution is 6.33. The molecular formula is C26H34ClN5O4. The summed E-state index contributed by atoms with van der Waals surface area (Å²) in [6, 6.07) is 9.78. The zero-order valence-electron chi connectivity index (χ0n) is 20.7. The first kappa shape index (κ1) is 26.2. The number of anilines is 1. The van der Waals surface area contributed by atoms with Crippen molar-refractivity contribution in [1.82, 2.24) is 19.8 Å². The molecule has 2 aliphatic rings. The van der Waals surface area contributed by atoms with Crippen LogP contribution in [0.2, 0.25) is 5.02 Å². The Bertz CT molecular complexity index is 1250. The largest absolute Gasteiger partial charge is 0.492 e. The van der Waals surface area contributed by atoms with Gasteiger partial charge >= 0.3 is 0 Å². The Hall–Kier alpha value is -2.85. The van der Waals surface area contributed by atoms with Crippen molar-refractivity contribution in [2.45, 2.75) is 44.9 Å². The van der Waals surface area contributed by atoms with E-state index < -0.39 is 0 Å². The van der Waals surface area contributed by atoms with Gasteiger partial charge in [0.05, 0.1) is 46.1 Å². The summed E-state index contributed by atoms with van der Waals surface area (Å²) in [5.41, 5.74) is 10.1. The summed E-state index contributed by atoms with van der Waals surface area (Å²) in [6.45, 7) is 6.11. The third-order valence-corrected chi connectivity index (χ3v) is 7.49. The summed E-state index contributed by atoms with van der Waals surface area (Å²) in [5, 5.41) is 3.54. The van der Waals surface area contributed by atoms with Crippen LogP contribution in [0.25, 0.3) is 11.0 Å². The molecule has 5 N–H and O–H groups in total. The number of aryl methyl sites for hydroxylation is 2. The lowest BCUT2D eigenvalue weighted by atomic mass is 10.00. The van der Waals surface area contributed by atoms with E-state index >= 15 is 0 Å². The van der Waals surface area contributed by atoms with Crippen LogP contribution in [0.5, 0.6) is 5.75 Å². The van der Waals surface area contributed by atoms with Crippen LogP contribution in [0.3, 0.4) is 0 Å². The van der Waals surface area contributed by atoms with Gasteiger partial charge in [0, 0.05) is 38.7 Å². The Labute approximate surface area is 215 Å². The fraction of sp³-hybridized carbons (Fsp3) is 0.462. The third kappa shape index (κ3) is 5.01. The maximum Gasteiger partial charge on any atom is 0.255 e. The number of fused-ring (bicyclic) bond motifs is 2. The lowest BCUT2D eigenvalue weighted by Gasteiger charge is -2.38. The summed E-state index contributed by atoms with van der Waals surface area (Å²) in [4.78, 5) is 20.2. The highest BCUT2D eigenvalue weighted by Gasteiger charge is 2.32. The average molecular weight is 516 g/mol. The molecule has 2 unspecified atom stereocenters. The minimum absolute atomic E-state index is 0. The topological polar surface area (TPSA) is 126 Å². The number of aromatic nitrogens is 2. The van der Waals surface area contributed by atoms with Gasteiger partial charge in [-0.1, -0.05) is 23.7 Å². The van der Waals surface area contributed by atoms with E-state index in [9.17, 15) is 4.79 Å². The number of rotatable bonds is 7. The predicted molar refractivity (Wildman–Crippen MR) is 141 cm³/mol. The molecule has 9 nitrogen and oxygen atoms in total. The molecule has 0 spiro atoms. The van der Waals surface area contributed by atoms with Crippen molar-refractivity contribution in [1.29, 1.82) is 0 Å². The number of hydrogen-bond acceptors (Lipinski definition) is 6. The van der Waals surface area contributed by atoms with Crippen LogP contribution >= 0.6 is 11.6 Å². The molecule has 36 heavy (non-hydrogen) atoms. The van der Waals surface area contributed by atoms with E-state index in [0.717, 1.165) is 55.9 Å². The first-order chi connectivity index (χ1) is 17.0. The monoisotopic (exact) mass is 515 g/mol. The lowest BCUT2D eigenvalue weighted by molar-refractivity contribution is 0.00586. The number of nitrogens with two attached hydrogens (primary N) is 1. The minimum Gasteiger partial charge on any atom is -0.492 e. The van der Waals surface area contributed by atoms with Crippen LogP contribution in [-0.2, 0) is 17.7 Å². The maximum absolute atomic E-state index is 13.2. The molecular weight excluding hydrogens is 482 g/mol. The van der Waals surface area contributed by atoms with E-state index in [0.29, 0.717) is 35.1 Å². The van der Waals surface area contributed by atoms with Gasteiger partial charge < -0.3 is 35.5 Å². The number of imidazole rings is 1. The predicted octanol–water partition coefficient (Wildman–Crippen LogP) is 2.60. The second-order valence-corrected chi connectivity index (χ2v) is 9.73. The van der Waals surface area contributed by atoms with Crippen molar-refractivity contribution in [3.8, 4) is 5.75 Å². The van der Waals surface area contributed by atoms with Gasteiger partial charge in [-0.05, 0) is 44.5 Å². The number of likely N-dealkylation sites (tertiary alicyclic amines) is 1. The minimum atomic E-state index is -0.201. The SMILES string of the molecule is COC1CN(CCCn2c(C)nc3ccccc32)CCC1NC(=O)c1cc(Cl)c(N)c2c1OCC2.O. The number of halogens is 1. The number of nitrogens with one attached hydrogen (secondary N) is 1. The highest BCUT2D eigenvalue weighted by atomic mass is 35.5. The Kier molecular flexibility index (Phi) is 8.04. The van der Waals surface area contributed by atoms with E-state index in [2.05, 4.69) is 44.9 Å². The summed E-state index contributed by atoms with van der Waals surface area (Å²) in [6.07, 6.45) is 2.39. The Balaban J connectivity index is 0.00000304. The zero-order chi connectivity index (χ0) is 24.5. The third-order valence-electron chi connectivity index (χ3n) is 7.18. The number of piperidine rings is 1. The molecule has 10 heteroatoms. The molecule has 0 saturated carbocycles. The van der Waals surface area contributed by atoms with Crippen molar-refractivity contribution in [2.75, 3.05) is 39.1 Å². The number of hydrogen-bond donors (Lipinski definition) is 2. The molecule has 2 aromatic carbocycles. The molecule has 1 saturated heterocycles. The van der Waals surface area contributed by atoms with E-state index in [1.807, 2.05) is 6.07 Å². The van der Waals surface area contributed by atoms with Crippen LogP contribution in [-0.4, -0.2) is 71.3 Å². The molecule has 2 aliphatic heterocycles. The number of para-hydroxylation sites is 2. The number of carbonyl (C=O) groups excluding carboxylic acids is 1. The number of carbonyl (C=O) groups is 1. The molecule has 0 aliphatic carbocycles. The van der Waals surface area contributed by atoms with Crippen molar-refractivity contribution in [2.24, 2.45) is 0 Å². The number of methoxy groups -OCH3 is 1. The van der Waals surface area contributed by atoms with Gasteiger partial charge in [0.25, 0.3) is 5.91 Å².